The normalized spacial score (nSPS) is 10.3. The molecule has 0 heterocycles. The fraction of sp³-hybridized carbons (Fsp3) is 0.500. The second kappa shape index (κ2) is 9.59. The van der Waals surface area contributed by atoms with Crippen LogP contribution in [0.5, 0.6) is 0 Å². The van der Waals surface area contributed by atoms with Crippen molar-refractivity contribution in [3.05, 3.63) is 29.8 Å². The van der Waals surface area contributed by atoms with Gasteiger partial charge in [0.05, 0.1) is 6.61 Å². The molecule has 1 aromatic carbocycles. The molecule has 0 aliphatic rings. The molecule has 0 unspecified atom stereocenters. The number of benzene rings is 1. The highest BCUT2D eigenvalue weighted by Gasteiger charge is 2.02. The topological polar surface area (TPSA) is 43.4 Å². The number of hydrogen-bond donors (Lipinski definition) is 0. The van der Waals surface area contributed by atoms with Gasteiger partial charge in [-0.2, -0.15) is 0 Å². The van der Waals surface area contributed by atoms with E-state index in [0.717, 1.165) is 35.5 Å². The van der Waals surface area contributed by atoms with Crippen LogP contribution >= 0.6 is 11.8 Å². The van der Waals surface area contributed by atoms with E-state index in [0.29, 0.717) is 13.0 Å². The average molecular weight is 294 g/mol. The number of carbonyl (C=O) groups is 2. The minimum atomic E-state index is -0.102. The minimum Gasteiger partial charge on any atom is -0.466 e. The number of unbranched alkanes of at least 4 members (excludes halogenated alkanes) is 2. The number of esters is 1. The van der Waals surface area contributed by atoms with E-state index in [1.54, 1.807) is 18.7 Å². The fourth-order valence-electron chi connectivity index (χ4n) is 1.78. The third-order valence-electron chi connectivity index (χ3n) is 2.84. The maximum absolute atomic E-state index is 11.3. The molecule has 1 aromatic rings. The summed E-state index contributed by atoms with van der Waals surface area (Å²) in [4.78, 5) is 23.5. The van der Waals surface area contributed by atoms with Crippen LogP contribution in [0.15, 0.2) is 29.2 Å². The number of Topliss-reactive ketones (excluding diaryl/α,β-unsaturated/α-hetero) is 1. The lowest BCUT2D eigenvalue weighted by atomic mass is 10.2. The molecular formula is C16H22O3S. The van der Waals surface area contributed by atoms with Gasteiger partial charge in [0.1, 0.15) is 0 Å². The van der Waals surface area contributed by atoms with Gasteiger partial charge in [0, 0.05) is 16.9 Å². The molecule has 0 spiro atoms. The van der Waals surface area contributed by atoms with Crippen molar-refractivity contribution in [2.45, 2.75) is 44.4 Å². The van der Waals surface area contributed by atoms with Gasteiger partial charge in [0.15, 0.2) is 5.78 Å². The number of hydrogen-bond acceptors (Lipinski definition) is 4. The number of rotatable bonds is 9. The molecule has 4 heteroatoms. The predicted octanol–water partition coefficient (Wildman–Crippen LogP) is 4.10. The molecule has 20 heavy (non-hydrogen) atoms. The van der Waals surface area contributed by atoms with E-state index < -0.39 is 0 Å². The summed E-state index contributed by atoms with van der Waals surface area (Å²) in [5.74, 6) is 1.00. The van der Waals surface area contributed by atoms with Gasteiger partial charge in [-0.1, -0.05) is 18.6 Å². The van der Waals surface area contributed by atoms with E-state index in [-0.39, 0.29) is 11.8 Å². The van der Waals surface area contributed by atoms with Crippen LogP contribution in [0.2, 0.25) is 0 Å². The first kappa shape index (κ1) is 16.8. The first-order chi connectivity index (χ1) is 9.63. The standard InChI is InChI=1S/C16H22O3S/c1-3-19-16(18)10-5-4-6-11-20-15-9-7-8-14(12-15)13(2)17/h7-9,12H,3-6,10-11H2,1-2H3. The van der Waals surface area contributed by atoms with Crippen molar-refractivity contribution in [3.63, 3.8) is 0 Å². The highest BCUT2D eigenvalue weighted by atomic mass is 32.2. The SMILES string of the molecule is CCOC(=O)CCCCCSc1cccc(C(C)=O)c1. The summed E-state index contributed by atoms with van der Waals surface area (Å²) in [6, 6.07) is 7.72. The van der Waals surface area contributed by atoms with Crippen molar-refractivity contribution in [1.82, 2.24) is 0 Å². The van der Waals surface area contributed by atoms with Gasteiger partial charge in [-0.15, -0.1) is 11.8 Å². The molecule has 0 amide bonds. The van der Waals surface area contributed by atoms with Crippen LogP contribution in [0.25, 0.3) is 0 Å². The molecular weight excluding hydrogens is 272 g/mol. The van der Waals surface area contributed by atoms with Gasteiger partial charge >= 0.3 is 5.97 Å². The molecule has 1 rings (SSSR count). The maximum atomic E-state index is 11.3. The third-order valence-corrected chi connectivity index (χ3v) is 3.92. The maximum Gasteiger partial charge on any atom is 0.305 e. The lowest BCUT2D eigenvalue weighted by Gasteiger charge is -2.04. The highest BCUT2D eigenvalue weighted by Crippen LogP contribution is 2.21. The Bertz CT molecular complexity index is 443. The Kier molecular flexibility index (Phi) is 8.04. The lowest BCUT2D eigenvalue weighted by Crippen LogP contribution is -2.03. The van der Waals surface area contributed by atoms with Crippen molar-refractivity contribution < 1.29 is 14.3 Å². The van der Waals surface area contributed by atoms with Gasteiger partial charge in [-0.05, 0) is 44.6 Å². The quantitative estimate of drug-likeness (QED) is 0.297. The number of carbonyl (C=O) groups excluding carboxylic acids is 2. The number of ketones is 1. The molecule has 0 atom stereocenters. The molecule has 0 radical (unpaired) electrons. The Labute approximate surface area is 125 Å². The molecule has 0 fully saturated rings. The summed E-state index contributed by atoms with van der Waals surface area (Å²) in [5, 5.41) is 0. The zero-order valence-electron chi connectivity index (χ0n) is 12.2. The van der Waals surface area contributed by atoms with E-state index in [1.165, 1.54) is 0 Å². The Morgan fingerprint density at radius 3 is 2.70 bits per heavy atom. The van der Waals surface area contributed by atoms with E-state index in [1.807, 2.05) is 31.2 Å². The molecule has 110 valence electrons. The summed E-state index contributed by atoms with van der Waals surface area (Å²) in [5.41, 5.74) is 0.761. The van der Waals surface area contributed by atoms with E-state index in [2.05, 4.69) is 0 Å². The van der Waals surface area contributed by atoms with Crippen LogP contribution in [0, 0.1) is 0 Å². The monoisotopic (exact) mass is 294 g/mol. The van der Waals surface area contributed by atoms with E-state index >= 15 is 0 Å². The van der Waals surface area contributed by atoms with Crippen LogP contribution < -0.4 is 0 Å². The smallest absolute Gasteiger partial charge is 0.305 e. The summed E-state index contributed by atoms with van der Waals surface area (Å²) in [6.45, 7) is 3.87. The summed E-state index contributed by atoms with van der Waals surface area (Å²) < 4.78 is 4.88. The van der Waals surface area contributed by atoms with Gasteiger partial charge < -0.3 is 4.74 Å². The molecule has 0 aromatic heterocycles. The lowest BCUT2D eigenvalue weighted by molar-refractivity contribution is -0.143. The van der Waals surface area contributed by atoms with Crippen LogP contribution in [-0.2, 0) is 9.53 Å². The van der Waals surface area contributed by atoms with Crippen molar-refractivity contribution in [3.8, 4) is 0 Å². The Balaban J connectivity index is 2.17. The Hall–Kier alpha value is -1.29. The van der Waals surface area contributed by atoms with Gasteiger partial charge in [0.25, 0.3) is 0 Å². The fourth-order valence-corrected chi connectivity index (χ4v) is 2.75. The summed E-state index contributed by atoms with van der Waals surface area (Å²) in [6.07, 6.45) is 3.48. The zero-order valence-corrected chi connectivity index (χ0v) is 13.0. The van der Waals surface area contributed by atoms with Crippen molar-refractivity contribution in [2.24, 2.45) is 0 Å². The van der Waals surface area contributed by atoms with Crippen molar-refractivity contribution in [1.29, 1.82) is 0 Å². The van der Waals surface area contributed by atoms with Crippen LogP contribution in [0.3, 0.4) is 0 Å². The molecule has 0 aliphatic heterocycles. The number of thioether (sulfide) groups is 1. The van der Waals surface area contributed by atoms with Gasteiger partial charge in [-0.3, -0.25) is 9.59 Å². The van der Waals surface area contributed by atoms with Crippen LogP contribution in [0.4, 0.5) is 0 Å². The molecule has 0 N–H and O–H groups in total. The van der Waals surface area contributed by atoms with E-state index in [9.17, 15) is 9.59 Å². The van der Waals surface area contributed by atoms with E-state index in [4.69, 9.17) is 4.74 Å². The molecule has 3 nitrogen and oxygen atoms in total. The van der Waals surface area contributed by atoms with Crippen LogP contribution in [0.1, 0.15) is 49.9 Å². The zero-order chi connectivity index (χ0) is 14.8. The van der Waals surface area contributed by atoms with Crippen molar-refractivity contribution >= 4 is 23.5 Å². The highest BCUT2D eigenvalue weighted by molar-refractivity contribution is 7.99. The first-order valence-corrected chi connectivity index (χ1v) is 8.01. The summed E-state index contributed by atoms with van der Waals surface area (Å²) in [7, 11) is 0. The van der Waals surface area contributed by atoms with Crippen LogP contribution in [-0.4, -0.2) is 24.1 Å². The molecule has 0 bridgehead atoms. The molecule has 0 aliphatic carbocycles. The minimum absolute atomic E-state index is 0.0990. The Morgan fingerprint density at radius 1 is 1.20 bits per heavy atom. The largest absolute Gasteiger partial charge is 0.466 e. The summed E-state index contributed by atoms with van der Waals surface area (Å²) >= 11 is 1.75. The van der Waals surface area contributed by atoms with Gasteiger partial charge in [-0.25, -0.2) is 0 Å². The molecule has 0 saturated carbocycles. The van der Waals surface area contributed by atoms with Crippen molar-refractivity contribution in [2.75, 3.05) is 12.4 Å². The third kappa shape index (κ3) is 6.75. The Morgan fingerprint density at radius 2 is 2.00 bits per heavy atom. The van der Waals surface area contributed by atoms with Gasteiger partial charge in [0.2, 0.25) is 0 Å². The second-order valence-corrected chi connectivity index (χ2v) is 5.72. The number of ether oxygens (including phenoxy) is 1. The first-order valence-electron chi connectivity index (χ1n) is 7.03. The predicted molar refractivity (Wildman–Crippen MR) is 82.3 cm³/mol. The average Bonchev–Trinajstić information content (AvgIpc) is 2.43. The molecule has 0 saturated heterocycles. The second-order valence-electron chi connectivity index (χ2n) is 4.55.